The van der Waals surface area contributed by atoms with Gasteiger partial charge in [-0.1, -0.05) is 0 Å². The maximum absolute atomic E-state index is 6.03. The molecule has 0 bridgehead atoms. The Kier molecular flexibility index (Phi) is 2.53. The fourth-order valence-corrected chi connectivity index (χ4v) is 2.12. The zero-order valence-electron chi connectivity index (χ0n) is 9.37. The predicted octanol–water partition coefficient (Wildman–Crippen LogP) is 1.27. The molecule has 1 unspecified atom stereocenters. The van der Waals surface area contributed by atoms with Crippen LogP contribution in [0, 0.1) is 0 Å². The smallest absolute Gasteiger partial charge is 0.179 e. The molecule has 0 saturated carbocycles. The molecular formula is C12H13N5. The van der Waals surface area contributed by atoms with Gasteiger partial charge in [0.15, 0.2) is 5.82 Å². The van der Waals surface area contributed by atoms with E-state index in [0.717, 1.165) is 30.5 Å². The van der Waals surface area contributed by atoms with Crippen LogP contribution in [0.2, 0.25) is 0 Å². The highest BCUT2D eigenvalue weighted by atomic mass is 14.9. The number of fused-ring (bicyclic) bond motifs is 1. The second-order valence-electron chi connectivity index (χ2n) is 4.19. The molecular weight excluding hydrogens is 214 g/mol. The molecule has 5 nitrogen and oxygen atoms in total. The number of hydrogen-bond donors (Lipinski definition) is 1. The van der Waals surface area contributed by atoms with Crippen molar-refractivity contribution in [1.29, 1.82) is 0 Å². The number of nitrogens with two attached hydrogens (primary N) is 1. The lowest BCUT2D eigenvalue weighted by Crippen LogP contribution is -2.19. The number of hydrogen-bond acceptors (Lipinski definition) is 5. The van der Waals surface area contributed by atoms with Crippen molar-refractivity contribution in [2.45, 2.75) is 25.3 Å². The second kappa shape index (κ2) is 4.18. The molecule has 0 radical (unpaired) electrons. The lowest BCUT2D eigenvalue weighted by Gasteiger charge is -2.20. The molecule has 1 atom stereocenters. The first-order chi connectivity index (χ1) is 8.34. The van der Waals surface area contributed by atoms with Crippen LogP contribution in [0.4, 0.5) is 0 Å². The minimum atomic E-state index is 0.0784. The normalized spacial score (nSPS) is 18.8. The third-order valence-electron chi connectivity index (χ3n) is 3.02. The van der Waals surface area contributed by atoms with Gasteiger partial charge in [0.25, 0.3) is 0 Å². The highest BCUT2D eigenvalue weighted by Gasteiger charge is 2.19. The maximum Gasteiger partial charge on any atom is 0.179 e. The molecule has 0 aliphatic heterocycles. The highest BCUT2D eigenvalue weighted by Crippen LogP contribution is 2.26. The largest absolute Gasteiger partial charge is 0.324 e. The minimum absolute atomic E-state index is 0.0784. The van der Waals surface area contributed by atoms with E-state index in [1.807, 2.05) is 6.20 Å². The topological polar surface area (TPSA) is 77.6 Å². The van der Waals surface area contributed by atoms with Gasteiger partial charge in [0.2, 0.25) is 0 Å². The van der Waals surface area contributed by atoms with Gasteiger partial charge in [-0.05, 0) is 19.3 Å². The van der Waals surface area contributed by atoms with Gasteiger partial charge in [-0.3, -0.25) is 4.98 Å². The summed E-state index contributed by atoms with van der Waals surface area (Å²) in [6, 6.07) is 0.0784. The Balaban J connectivity index is 2.04. The number of aryl methyl sites for hydroxylation is 1. The Morgan fingerprint density at radius 2 is 2.12 bits per heavy atom. The van der Waals surface area contributed by atoms with Crippen LogP contribution in [-0.4, -0.2) is 19.9 Å². The molecule has 17 heavy (non-hydrogen) atoms. The highest BCUT2D eigenvalue weighted by molar-refractivity contribution is 5.47. The SMILES string of the molecule is NC1CCCc2nc(-c3cnccn3)ncc21. The van der Waals surface area contributed by atoms with E-state index in [1.165, 1.54) is 0 Å². The third-order valence-corrected chi connectivity index (χ3v) is 3.02. The van der Waals surface area contributed by atoms with E-state index in [0.29, 0.717) is 11.5 Å². The average Bonchev–Trinajstić information content (AvgIpc) is 2.40. The zero-order chi connectivity index (χ0) is 11.7. The lowest BCUT2D eigenvalue weighted by molar-refractivity contribution is 0.557. The first-order valence-electron chi connectivity index (χ1n) is 5.72. The Bertz CT molecular complexity index is 526. The summed E-state index contributed by atoms with van der Waals surface area (Å²) in [5.41, 5.74) is 8.86. The summed E-state index contributed by atoms with van der Waals surface area (Å²) in [5, 5.41) is 0. The van der Waals surface area contributed by atoms with Crippen molar-refractivity contribution in [2.75, 3.05) is 0 Å². The van der Waals surface area contributed by atoms with E-state index in [9.17, 15) is 0 Å². The monoisotopic (exact) mass is 227 g/mol. The Morgan fingerprint density at radius 1 is 1.18 bits per heavy atom. The fraction of sp³-hybridized carbons (Fsp3) is 0.333. The van der Waals surface area contributed by atoms with Crippen LogP contribution in [0.5, 0.6) is 0 Å². The van der Waals surface area contributed by atoms with Crippen LogP contribution >= 0.6 is 0 Å². The molecule has 0 spiro atoms. The van der Waals surface area contributed by atoms with Crippen LogP contribution in [0.15, 0.2) is 24.8 Å². The van der Waals surface area contributed by atoms with Crippen molar-refractivity contribution >= 4 is 0 Å². The van der Waals surface area contributed by atoms with Crippen LogP contribution < -0.4 is 5.73 Å². The van der Waals surface area contributed by atoms with Crippen molar-refractivity contribution in [3.05, 3.63) is 36.0 Å². The molecule has 86 valence electrons. The minimum Gasteiger partial charge on any atom is -0.324 e. The Hall–Kier alpha value is -1.88. The molecule has 3 rings (SSSR count). The van der Waals surface area contributed by atoms with Crippen LogP contribution in [0.1, 0.15) is 30.1 Å². The standard InChI is InChI=1S/C12H13N5/c13-9-2-1-3-10-8(9)6-16-12(17-10)11-7-14-4-5-15-11/h4-7,9H,1-3,13H2. The molecule has 0 amide bonds. The molecule has 5 heteroatoms. The first-order valence-corrected chi connectivity index (χ1v) is 5.72. The second-order valence-corrected chi connectivity index (χ2v) is 4.19. The lowest BCUT2D eigenvalue weighted by atomic mass is 9.93. The molecule has 0 aromatic carbocycles. The molecule has 2 heterocycles. The quantitative estimate of drug-likeness (QED) is 0.793. The summed E-state index contributed by atoms with van der Waals surface area (Å²) < 4.78 is 0. The number of aromatic nitrogens is 4. The zero-order valence-corrected chi connectivity index (χ0v) is 9.37. The summed E-state index contributed by atoms with van der Waals surface area (Å²) in [6.07, 6.45) is 9.85. The first kappa shape index (κ1) is 10.3. The van der Waals surface area contributed by atoms with Crippen molar-refractivity contribution < 1.29 is 0 Å². The van der Waals surface area contributed by atoms with Crippen LogP contribution in [-0.2, 0) is 6.42 Å². The third kappa shape index (κ3) is 1.89. The summed E-state index contributed by atoms with van der Waals surface area (Å²) in [6.45, 7) is 0. The maximum atomic E-state index is 6.03. The Labute approximate surface area is 99.2 Å². The number of nitrogens with zero attached hydrogens (tertiary/aromatic N) is 4. The molecule has 0 fully saturated rings. The van der Waals surface area contributed by atoms with E-state index < -0.39 is 0 Å². The van der Waals surface area contributed by atoms with Crippen molar-refractivity contribution in [2.24, 2.45) is 5.73 Å². The van der Waals surface area contributed by atoms with Crippen LogP contribution in [0.25, 0.3) is 11.5 Å². The summed E-state index contributed by atoms with van der Waals surface area (Å²) in [4.78, 5) is 17.1. The van der Waals surface area contributed by atoms with Gasteiger partial charge >= 0.3 is 0 Å². The molecule has 2 aromatic heterocycles. The molecule has 1 aliphatic carbocycles. The van der Waals surface area contributed by atoms with Crippen LogP contribution in [0.3, 0.4) is 0 Å². The summed E-state index contributed by atoms with van der Waals surface area (Å²) >= 11 is 0. The van der Waals surface area contributed by atoms with Gasteiger partial charge in [-0.2, -0.15) is 0 Å². The van der Waals surface area contributed by atoms with Gasteiger partial charge in [-0.15, -0.1) is 0 Å². The van der Waals surface area contributed by atoms with E-state index in [4.69, 9.17) is 5.73 Å². The van der Waals surface area contributed by atoms with E-state index >= 15 is 0 Å². The van der Waals surface area contributed by atoms with E-state index in [1.54, 1.807) is 18.6 Å². The summed E-state index contributed by atoms with van der Waals surface area (Å²) in [7, 11) is 0. The van der Waals surface area contributed by atoms with Crippen molar-refractivity contribution in [1.82, 2.24) is 19.9 Å². The van der Waals surface area contributed by atoms with Crippen molar-refractivity contribution in [3.8, 4) is 11.5 Å². The van der Waals surface area contributed by atoms with Crippen molar-refractivity contribution in [3.63, 3.8) is 0 Å². The Morgan fingerprint density at radius 3 is 2.94 bits per heavy atom. The van der Waals surface area contributed by atoms with Gasteiger partial charge in [-0.25, -0.2) is 15.0 Å². The summed E-state index contributed by atoms with van der Waals surface area (Å²) in [5.74, 6) is 0.631. The molecule has 2 aromatic rings. The van der Waals surface area contributed by atoms with Gasteiger partial charge in [0.1, 0.15) is 5.69 Å². The van der Waals surface area contributed by atoms with E-state index in [-0.39, 0.29) is 6.04 Å². The van der Waals surface area contributed by atoms with E-state index in [2.05, 4.69) is 19.9 Å². The number of rotatable bonds is 1. The van der Waals surface area contributed by atoms with Gasteiger partial charge in [0.05, 0.1) is 6.20 Å². The van der Waals surface area contributed by atoms with Gasteiger partial charge < -0.3 is 5.73 Å². The average molecular weight is 227 g/mol. The molecule has 2 N–H and O–H groups in total. The van der Waals surface area contributed by atoms with Gasteiger partial charge in [0, 0.05) is 35.9 Å². The predicted molar refractivity (Wildman–Crippen MR) is 62.9 cm³/mol. The molecule has 0 saturated heterocycles. The molecule has 1 aliphatic rings. The fourth-order valence-electron chi connectivity index (χ4n) is 2.12.